The van der Waals surface area contributed by atoms with Gasteiger partial charge in [0.15, 0.2) is 6.29 Å². The van der Waals surface area contributed by atoms with Crippen molar-refractivity contribution in [2.24, 2.45) is 0 Å². The van der Waals surface area contributed by atoms with Gasteiger partial charge in [-0.05, 0) is 18.1 Å². The summed E-state index contributed by atoms with van der Waals surface area (Å²) in [6.45, 7) is 2.72. The van der Waals surface area contributed by atoms with Gasteiger partial charge in [0.2, 0.25) is 5.91 Å². The molecule has 0 aliphatic rings. The maximum absolute atomic E-state index is 10.9. The number of methoxy groups -OCH3 is 2. The van der Waals surface area contributed by atoms with E-state index in [4.69, 9.17) is 9.47 Å². The number of rotatable bonds is 8. The molecule has 6 heteroatoms. The maximum Gasteiger partial charge on any atom is 0.216 e. The first-order valence-electron chi connectivity index (χ1n) is 6.29. The number of ether oxygens (including phenoxy) is 2. The molecular formula is C14H23ClN2O3. The maximum atomic E-state index is 10.9. The molecule has 1 aromatic rings. The molecule has 0 bridgehead atoms. The minimum Gasteiger partial charge on any atom is -0.380 e. The van der Waals surface area contributed by atoms with Crippen molar-refractivity contribution in [2.45, 2.75) is 19.6 Å². The number of carbonyl (C=O) groups is 1. The molecule has 0 radical (unpaired) electrons. The minimum atomic E-state index is -0.275. The molecule has 1 aromatic carbocycles. The van der Waals surface area contributed by atoms with Gasteiger partial charge in [0.05, 0.1) is 6.54 Å². The molecule has 0 unspecified atom stereocenters. The summed E-state index contributed by atoms with van der Waals surface area (Å²) in [4.78, 5) is 10.9. The van der Waals surface area contributed by atoms with E-state index in [-0.39, 0.29) is 24.6 Å². The highest BCUT2D eigenvalue weighted by molar-refractivity contribution is 5.85. The van der Waals surface area contributed by atoms with E-state index in [9.17, 15) is 4.79 Å². The standard InChI is InChI=1S/C14H22N2O3.ClH/c1-11(17)15-9-8-12-6-4-5-7-13(12)16-10-14(18-2)19-3;/h4-7,14,16H,8-10H2,1-3H3,(H,15,17);1H. The van der Waals surface area contributed by atoms with Crippen LogP contribution in [0.5, 0.6) is 0 Å². The summed E-state index contributed by atoms with van der Waals surface area (Å²) in [6.07, 6.45) is 0.510. The Kier molecular flexibility index (Phi) is 9.80. The highest BCUT2D eigenvalue weighted by Crippen LogP contribution is 2.15. The Balaban J connectivity index is 0.00000361. The Morgan fingerprint density at radius 2 is 1.90 bits per heavy atom. The molecular weight excluding hydrogens is 280 g/mol. The van der Waals surface area contributed by atoms with Crippen LogP contribution in [0, 0.1) is 0 Å². The van der Waals surface area contributed by atoms with Crippen molar-refractivity contribution in [3.8, 4) is 0 Å². The van der Waals surface area contributed by atoms with Crippen molar-refractivity contribution in [1.82, 2.24) is 5.32 Å². The number of halogens is 1. The van der Waals surface area contributed by atoms with Crippen molar-refractivity contribution in [3.63, 3.8) is 0 Å². The molecule has 0 spiro atoms. The van der Waals surface area contributed by atoms with Gasteiger partial charge in [0.25, 0.3) is 0 Å². The Morgan fingerprint density at radius 1 is 1.25 bits per heavy atom. The lowest BCUT2D eigenvalue weighted by Crippen LogP contribution is -2.25. The number of amides is 1. The van der Waals surface area contributed by atoms with Gasteiger partial charge in [-0.1, -0.05) is 18.2 Å². The zero-order valence-electron chi connectivity index (χ0n) is 12.1. The Morgan fingerprint density at radius 3 is 2.50 bits per heavy atom. The van der Waals surface area contributed by atoms with Gasteiger partial charge in [0.1, 0.15) is 0 Å². The molecule has 1 amide bonds. The predicted molar refractivity (Wildman–Crippen MR) is 82.4 cm³/mol. The third kappa shape index (κ3) is 6.75. The van der Waals surface area contributed by atoms with Crippen LogP contribution in [0.25, 0.3) is 0 Å². The smallest absolute Gasteiger partial charge is 0.216 e. The average Bonchev–Trinajstić information content (AvgIpc) is 2.41. The first kappa shape index (κ1) is 18.7. The zero-order chi connectivity index (χ0) is 14.1. The van der Waals surface area contributed by atoms with Crippen molar-refractivity contribution in [3.05, 3.63) is 29.8 Å². The number of hydrogen-bond donors (Lipinski definition) is 2. The van der Waals surface area contributed by atoms with Crippen LogP contribution in [0.15, 0.2) is 24.3 Å². The van der Waals surface area contributed by atoms with Crippen molar-refractivity contribution >= 4 is 24.0 Å². The van der Waals surface area contributed by atoms with Crippen LogP contribution in [0.2, 0.25) is 0 Å². The topological polar surface area (TPSA) is 59.6 Å². The van der Waals surface area contributed by atoms with Gasteiger partial charge in [-0.2, -0.15) is 0 Å². The molecule has 0 aromatic heterocycles. The van der Waals surface area contributed by atoms with Crippen LogP contribution in [-0.2, 0) is 20.7 Å². The van der Waals surface area contributed by atoms with E-state index in [1.165, 1.54) is 6.92 Å². The van der Waals surface area contributed by atoms with Gasteiger partial charge < -0.3 is 20.1 Å². The van der Waals surface area contributed by atoms with Crippen molar-refractivity contribution in [1.29, 1.82) is 0 Å². The average molecular weight is 303 g/mol. The number of hydrogen-bond acceptors (Lipinski definition) is 4. The van der Waals surface area contributed by atoms with Crippen LogP contribution in [0.3, 0.4) is 0 Å². The largest absolute Gasteiger partial charge is 0.380 e. The molecule has 0 heterocycles. The molecule has 1 rings (SSSR count). The number of para-hydroxylation sites is 1. The number of anilines is 1. The first-order valence-corrected chi connectivity index (χ1v) is 6.29. The molecule has 5 nitrogen and oxygen atoms in total. The zero-order valence-corrected chi connectivity index (χ0v) is 13.0. The van der Waals surface area contributed by atoms with E-state index in [0.29, 0.717) is 13.1 Å². The summed E-state index contributed by atoms with van der Waals surface area (Å²) < 4.78 is 10.3. The molecule has 20 heavy (non-hydrogen) atoms. The molecule has 114 valence electrons. The van der Waals surface area contributed by atoms with Crippen LogP contribution in [0.1, 0.15) is 12.5 Å². The second-order valence-corrected chi connectivity index (χ2v) is 4.17. The fourth-order valence-corrected chi connectivity index (χ4v) is 1.74. The normalized spacial score (nSPS) is 10.0. The van der Waals surface area contributed by atoms with E-state index in [0.717, 1.165) is 17.7 Å². The third-order valence-electron chi connectivity index (χ3n) is 2.77. The molecule has 0 saturated heterocycles. The Bertz CT molecular complexity index is 398. The number of nitrogens with one attached hydrogen (secondary N) is 2. The van der Waals surface area contributed by atoms with Gasteiger partial charge in [-0.25, -0.2) is 0 Å². The van der Waals surface area contributed by atoms with Crippen molar-refractivity contribution < 1.29 is 14.3 Å². The fourth-order valence-electron chi connectivity index (χ4n) is 1.74. The summed E-state index contributed by atoms with van der Waals surface area (Å²) in [5.74, 6) is -0.00993. The number of carbonyl (C=O) groups excluding carboxylic acids is 1. The summed E-state index contributed by atoms with van der Waals surface area (Å²) >= 11 is 0. The van der Waals surface area contributed by atoms with Crippen LogP contribution < -0.4 is 10.6 Å². The fraction of sp³-hybridized carbons (Fsp3) is 0.500. The van der Waals surface area contributed by atoms with E-state index in [1.807, 2.05) is 24.3 Å². The van der Waals surface area contributed by atoms with Gasteiger partial charge in [-0.15, -0.1) is 12.4 Å². The molecule has 0 atom stereocenters. The summed E-state index contributed by atoms with van der Waals surface area (Å²) in [5.41, 5.74) is 2.19. The first-order chi connectivity index (χ1) is 9.17. The van der Waals surface area contributed by atoms with E-state index < -0.39 is 0 Å². The second-order valence-electron chi connectivity index (χ2n) is 4.17. The van der Waals surface area contributed by atoms with Gasteiger partial charge in [-0.3, -0.25) is 4.79 Å². The summed E-state index contributed by atoms with van der Waals surface area (Å²) in [5, 5.41) is 6.08. The van der Waals surface area contributed by atoms with E-state index in [2.05, 4.69) is 10.6 Å². The predicted octanol–water partition coefficient (Wildman–Crippen LogP) is 1.82. The quantitative estimate of drug-likeness (QED) is 0.719. The highest BCUT2D eigenvalue weighted by Gasteiger charge is 2.06. The summed E-state index contributed by atoms with van der Waals surface area (Å²) in [7, 11) is 3.22. The molecule has 0 aliphatic carbocycles. The Hall–Kier alpha value is -1.30. The van der Waals surface area contributed by atoms with Crippen LogP contribution in [0.4, 0.5) is 5.69 Å². The monoisotopic (exact) mass is 302 g/mol. The molecule has 0 saturated carbocycles. The third-order valence-corrected chi connectivity index (χ3v) is 2.77. The molecule has 0 aliphatic heterocycles. The van der Waals surface area contributed by atoms with Gasteiger partial charge >= 0.3 is 0 Å². The van der Waals surface area contributed by atoms with Gasteiger partial charge in [0, 0.05) is 33.4 Å². The van der Waals surface area contributed by atoms with Crippen LogP contribution in [-0.4, -0.2) is 39.5 Å². The minimum absolute atomic E-state index is 0. The lowest BCUT2D eigenvalue weighted by atomic mass is 10.1. The lowest BCUT2D eigenvalue weighted by Gasteiger charge is -2.17. The Labute approximate surface area is 126 Å². The molecule has 0 fully saturated rings. The SMILES string of the molecule is COC(CNc1ccccc1CCNC(C)=O)OC.Cl. The molecule has 2 N–H and O–H groups in total. The number of benzene rings is 1. The lowest BCUT2D eigenvalue weighted by molar-refractivity contribution is -0.118. The second kappa shape index (κ2) is 10.5. The van der Waals surface area contributed by atoms with Crippen LogP contribution >= 0.6 is 12.4 Å². The highest BCUT2D eigenvalue weighted by atomic mass is 35.5. The van der Waals surface area contributed by atoms with Crippen molar-refractivity contribution in [2.75, 3.05) is 32.6 Å². The van der Waals surface area contributed by atoms with E-state index in [1.54, 1.807) is 14.2 Å². The van der Waals surface area contributed by atoms with E-state index >= 15 is 0 Å². The summed E-state index contributed by atoms with van der Waals surface area (Å²) in [6, 6.07) is 8.00.